The number of fused-ring (bicyclic) bond motifs is 4. The fourth-order valence-corrected chi connectivity index (χ4v) is 3.50. The van der Waals surface area contributed by atoms with Crippen molar-refractivity contribution in [1.82, 2.24) is 29.1 Å². The molecule has 0 saturated carbocycles. The molecule has 0 bridgehead atoms. The lowest BCUT2D eigenvalue weighted by molar-refractivity contribution is 0.625. The number of halogens is 1. The Balaban J connectivity index is 1.39. The van der Waals surface area contributed by atoms with Gasteiger partial charge in [-0.3, -0.25) is 4.98 Å². The molecule has 0 saturated heterocycles. The predicted molar refractivity (Wildman–Crippen MR) is 94.4 cm³/mol. The molecule has 4 aromatic rings. The number of imidazole rings is 1. The Labute approximate surface area is 149 Å². The summed E-state index contributed by atoms with van der Waals surface area (Å²) in [5.74, 6) is 1.50. The van der Waals surface area contributed by atoms with Crippen molar-refractivity contribution in [2.24, 2.45) is 0 Å². The second-order valence-electron chi connectivity index (χ2n) is 6.73. The van der Waals surface area contributed by atoms with Crippen molar-refractivity contribution in [2.75, 3.05) is 0 Å². The SMILES string of the molecule is Cc1ncc(C)n2nc(CCc3cn4c(n3)-c3ccc(F)cc3C4)nc12. The van der Waals surface area contributed by atoms with Gasteiger partial charge in [0.15, 0.2) is 11.5 Å². The maximum Gasteiger partial charge on any atom is 0.177 e. The minimum Gasteiger partial charge on any atom is -0.326 e. The van der Waals surface area contributed by atoms with E-state index in [-0.39, 0.29) is 5.82 Å². The van der Waals surface area contributed by atoms with Crippen LogP contribution in [0, 0.1) is 19.7 Å². The molecule has 3 aromatic heterocycles. The van der Waals surface area contributed by atoms with Gasteiger partial charge in [-0.05, 0) is 44.0 Å². The van der Waals surface area contributed by atoms with Crippen LogP contribution in [0.15, 0.2) is 30.6 Å². The fraction of sp³-hybridized carbons (Fsp3) is 0.263. The summed E-state index contributed by atoms with van der Waals surface area (Å²) >= 11 is 0. The Morgan fingerprint density at radius 3 is 2.88 bits per heavy atom. The number of aryl methyl sites for hydroxylation is 4. The molecule has 1 aliphatic heterocycles. The maximum atomic E-state index is 13.4. The molecule has 0 N–H and O–H groups in total. The zero-order chi connectivity index (χ0) is 17.8. The van der Waals surface area contributed by atoms with E-state index in [1.165, 1.54) is 6.07 Å². The van der Waals surface area contributed by atoms with Crippen molar-refractivity contribution in [1.29, 1.82) is 0 Å². The predicted octanol–water partition coefficient (Wildman–Crippen LogP) is 2.89. The van der Waals surface area contributed by atoms with Gasteiger partial charge in [-0.2, -0.15) is 5.10 Å². The highest BCUT2D eigenvalue weighted by Gasteiger charge is 2.21. The molecule has 0 fully saturated rings. The Kier molecular flexibility index (Phi) is 3.19. The van der Waals surface area contributed by atoms with Gasteiger partial charge in [-0.1, -0.05) is 0 Å². The lowest BCUT2D eigenvalue weighted by Gasteiger charge is -1.98. The van der Waals surface area contributed by atoms with Crippen molar-refractivity contribution in [2.45, 2.75) is 33.2 Å². The highest BCUT2D eigenvalue weighted by molar-refractivity contribution is 5.65. The fourth-order valence-electron chi connectivity index (χ4n) is 3.50. The monoisotopic (exact) mass is 348 g/mol. The van der Waals surface area contributed by atoms with Crippen LogP contribution < -0.4 is 0 Å². The molecule has 0 radical (unpaired) electrons. The van der Waals surface area contributed by atoms with Gasteiger partial charge >= 0.3 is 0 Å². The summed E-state index contributed by atoms with van der Waals surface area (Å²) < 4.78 is 17.3. The van der Waals surface area contributed by atoms with Crippen LogP contribution in [0.1, 0.15) is 28.5 Å². The molecular weight excluding hydrogens is 331 g/mol. The summed E-state index contributed by atoms with van der Waals surface area (Å²) in [6, 6.07) is 4.88. The van der Waals surface area contributed by atoms with Crippen LogP contribution in [-0.2, 0) is 19.4 Å². The van der Waals surface area contributed by atoms with Crippen molar-refractivity contribution in [3.63, 3.8) is 0 Å². The van der Waals surface area contributed by atoms with Gasteiger partial charge in [0.1, 0.15) is 11.6 Å². The van der Waals surface area contributed by atoms with E-state index in [4.69, 9.17) is 4.98 Å². The normalized spacial score (nSPS) is 12.6. The summed E-state index contributed by atoms with van der Waals surface area (Å²) in [4.78, 5) is 13.7. The van der Waals surface area contributed by atoms with Crippen LogP contribution in [0.4, 0.5) is 4.39 Å². The zero-order valence-corrected chi connectivity index (χ0v) is 14.6. The third-order valence-electron chi connectivity index (χ3n) is 4.83. The number of nitrogens with zero attached hydrogens (tertiary/aromatic N) is 6. The number of hydrogen-bond donors (Lipinski definition) is 0. The molecule has 6 nitrogen and oxygen atoms in total. The third kappa shape index (κ3) is 2.31. The highest BCUT2D eigenvalue weighted by atomic mass is 19.1. The average molecular weight is 348 g/mol. The van der Waals surface area contributed by atoms with Crippen molar-refractivity contribution in [3.8, 4) is 11.4 Å². The molecule has 0 amide bonds. The molecule has 4 heterocycles. The van der Waals surface area contributed by atoms with Gasteiger partial charge in [0.05, 0.1) is 17.1 Å². The van der Waals surface area contributed by atoms with E-state index in [1.807, 2.05) is 30.6 Å². The molecular formula is C19H17FN6. The average Bonchev–Trinajstić information content (AvgIpc) is 3.28. The first-order chi connectivity index (χ1) is 12.6. The number of benzene rings is 1. The Morgan fingerprint density at radius 2 is 2.04 bits per heavy atom. The van der Waals surface area contributed by atoms with Crippen LogP contribution in [-0.4, -0.2) is 29.1 Å². The Morgan fingerprint density at radius 1 is 1.15 bits per heavy atom. The highest BCUT2D eigenvalue weighted by Crippen LogP contribution is 2.31. The van der Waals surface area contributed by atoms with Gasteiger partial charge in [-0.25, -0.2) is 18.9 Å². The van der Waals surface area contributed by atoms with E-state index in [9.17, 15) is 4.39 Å². The maximum absolute atomic E-state index is 13.4. The van der Waals surface area contributed by atoms with Crippen molar-refractivity contribution >= 4 is 5.65 Å². The Bertz CT molecular complexity index is 1120. The molecule has 0 spiro atoms. The van der Waals surface area contributed by atoms with E-state index >= 15 is 0 Å². The summed E-state index contributed by atoms with van der Waals surface area (Å²) in [6.45, 7) is 4.58. The van der Waals surface area contributed by atoms with Gasteiger partial charge in [0, 0.05) is 30.9 Å². The van der Waals surface area contributed by atoms with Crippen LogP contribution in [0.25, 0.3) is 17.0 Å². The summed E-state index contributed by atoms with van der Waals surface area (Å²) in [5, 5.41) is 4.59. The molecule has 26 heavy (non-hydrogen) atoms. The van der Waals surface area contributed by atoms with E-state index in [1.54, 1.807) is 12.3 Å². The zero-order valence-electron chi connectivity index (χ0n) is 14.6. The van der Waals surface area contributed by atoms with Gasteiger partial charge < -0.3 is 4.57 Å². The first-order valence-electron chi connectivity index (χ1n) is 8.61. The second-order valence-corrected chi connectivity index (χ2v) is 6.73. The first kappa shape index (κ1) is 15.2. The van der Waals surface area contributed by atoms with E-state index in [0.29, 0.717) is 13.0 Å². The van der Waals surface area contributed by atoms with Crippen LogP contribution in [0.5, 0.6) is 0 Å². The quantitative estimate of drug-likeness (QED) is 0.503. The first-order valence-corrected chi connectivity index (χ1v) is 8.61. The molecule has 7 heteroatoms. The smallest absolute Gasteiger partial charge is 0.177 e. The standard InChI is InChI=1S/C19H17FN6/c1-11-8-21-12(2)18-23-17(24-26(11)18)6-4-15-10-25-9-13-7-14(20)3-5-16(13)19(25)22-15/h3,5,7-8,10H,4,6,9H2,1-2H3. The molecule has 0 aliphatic carbocycles. The molecule has 0 unspecified atom stereocenters. The lowest BCUT2D eigenvalue weighted by atomic mass is 10.1. The topological polar surface area (TPSA) is 60.9 Å². The number of aromatic nitrogens is 6. The van der Waals surface area contributed by atoms with Gasteiger partial charge in [0.25, 0.3) is 0 Å². The van der Waals surface area contributed by atoms with E-state index in [2.05, 4.69) is 19.6 Å². The minimum atomic E-state index is -0.201. The second kappa shape index (κ2) is 5.45. The number of rotatable bonds is 3. The Hall–Kier alpha value is -3.09. The molecule has 130 valence electrons. The third-order valence-corrected chi connectivity index (χ3v) is 4.83. The molecule has 5 rings (SSSR count). The van der Waals surface area contributed by atoms with Crippen LogP contribution >= 0.6 is 0 Å². The minimum absolute atomic E-state index is 0.201. The molecule has 1 aliphatic rings. The van der Waals surface area contributed by atoms with Crippen LogP contribution in [0.2, 0.25) is 0 Å². The summed E-state index contributed by atoms with van der Waals surface area (Å²) in [7, 11) is 0. The molecule has 0 atom stereocenters. The summed E-state index contributed by atoms with van der Waals surface area (Å²) in [5.41, 5.74) is 5.65. The van der Waals surface area contributed by atoms with E-state index < -0.39 is 0 Å². The van der Waals surface area contributed by atoms with Crippen molar-refractivity contribution < 1.29 is 4.39 Å². The number of hydrogen-bond acceptors (Lipinski definition) is 4. The largest absolute Gasteiger partial charge is 0.326 e. The van der Waals surface area contributed by atoms with Crippen molar-refractivity contribution in [3.05, 3.63) is 64.9 Å². The van der Waals surface area contributed by atoms with E-state index in [0.717, 1.165) is 51.9 Å². The van der Waals surface area contributed by atoms with Gasteiger partial charge in [-0.15, -0.1) is 0 Å². The molecule has 1 aromatic carbocycles. The van der Waals surface area contributed by atoms with Gasteiger partial charge in [0.2, 0.25) is 0 Å². The summed E-state index contributed by atoms with van der Waals surface area (Å²) in [6.07, 6.45) is 5.33. The van der Waals surface area contributed by atoms with Crippen LogP contribution in [0.3, 0.4) is 0 Å². The lowest BCUT2D eigenvalue weighted by Crippen LogP contribution is -1.98.